The molecular weight excluding hydrogens is 485 g/mol. The molecular formula is C26H28FN3O5S. The van der Waals surface area contributed by atoms with Crippen molar-refractivity contribution in [1.29, 1.82) is 0 Å². The van der Waals surface area contributed by atoms with E-state index in [0.717, 1.165) is 21.7 Å². The first-order valence-electron chi connectivity index (χ1n) is 11.1. The van der Waals surface area contributed by atoms with Gasteiger partial charge in [0.2, 0.25) is 15.9 Å². The molecule has 0 fully saturated rings. The van der Waals surface area contributed by atoms with Gasteiger partial charge in [-0.15, -0.1) is 0 Å². The van der Waals surface area contributed by atoms with Crippen LogP contribution >= 0.6 is 0 Å². The van der Waals surface area contributed by atoms with Gasteiger partial charge in [0.05, 0.1) is 11.9 Å². The quantitative estimate of drug-likeness (QED) is 0.449. The second-order valence-corrected chi connectivity index (χ2v) is 10.3. The number of ether oxygens (including phenoxy) is 1. The molecule has 2 amide bonds. The number of halogens is 1. The molecule has 3 rings (SSSR count). The van der Waals surface area contributed by atoms with Crippen molar-refractivity contribution < 1.29 is 27.1 Å². The molecule has 0 bridgehead atoms. The van der Waals surface area contributed by atoms with Crippen LogP contribution in [0, 0.1) is 5.82 Å². The average molecular weight is 514 g/mol. The maximum atomic E-state index is 13.0. The second kappa shape index (κ2) is 11.7. The lowest BCUT2D eigenvalue weighted by molar-refractivity contribution is -0.119. The molecule has 10 heteroatoms. The monoisotopic (exact) mass is 513 g/mol. The maximum absolute atomic E-state index is 13.0. The third-order valence-corrected chi connectivity index (χ3v) is 6.37. The summed E-state index contributed by atoms with van der Waals surface area (Å²) >= 11 is 0. The Kier molecular flexibility index (Phi) is 8.65. The summed E-state index contributed by atoms with van der Waals surface area (Å²) in [7, 11) is -0.497. The lowest BCUT2D eigenvalue weighted by Gasteiger charge is -2.22. The largest absolute Gasteiger partial charge is 0.489 e. The summed E-state index contributed by atoms with van der Waals surface area (Å²) in [5.74, 6) is -0.379. The van der Waals surface area contributed by atoms with Crippen LogP contribution in [-0.2, 0) is 28.0 Å². The van der Waals surface area contributed by atoms with Crippen LogP contribution < -0.4 is 14.4 Å². The van der Waals surface area contributed by atoms with Crippen LogP contribution in [0.4, 0.5) is 10.1 Å². The highest BCUT2D eigenvalue weighted by Crippen LogP contribution is 2.19. The zero-order valence-electron chi connectivity index (χ0n) is 20.3. The molecule has 0 aromatic heterocycles. The van der Waals surface area contributed by atoms with Gasteiger partial charge in [-0.1, -0.05) is 24.3 Å². The Morgan fingerprint density at radius 1 is 0.889 bits per heavy atom. The number of rotatable bonds is 10. The van der Waals surface area contributed by atoms with Gasteiger partial charge in [-0.3, -0.25) is 13.9 Å². The molecule has 0 heterocycles. The van der Waals surface area contributed by atoms with Gasteiger partial charge in [0.25, 0.3) is 5.91 Å². The van der Waals surface area contributed by atoms with Crippen LogP contribution in [0.5, 0.6) is 5.75 Å². The number of benzene rings is 3. The molecule has 1 N–H and O–H groups in total. The van der Waals surface area contributed by atoms with E-state index in [1.165, 1.54) is 41.3 Å². The van der Waals surface area contributed by atoms with E-state index in [9.17, 15) is 22.4 Å². The minimum atomic E-state index is -3.74. The van der Waals surface area contributed by atoms with Gasteiger partial charge in [-0.25, -0.2) is 12.8 Å². The summed E-state index contributed by atoms with van der Waals surface area (Å²) in [5.41, 5.74) is 2.33. The number of amides is 2. The summed E-state index contributed by atoms with van der Waals surface area (Å²) in [6.45, 7) is 0.0889. The third-order valence-electron chi connectivity index (χ3n) is 5.23. The zero-order valence-corrected chi connectivity index (χ0v) is 21.1. The highest BCUT2D eigenvalue weighted by Gasteiger charge is 2.21. The smallest absolute Gasteiger partial charge is 0.253 e. The van der Waals surface area contributed by atoms with E-state index < -0.39 is 22.5 Å². The van der Waals surface area contributed by atoms with E-state index in [1.54, 1.807) is 50.5 Å². The van der Waals surface area contributed by atoms with Crippen molar-refractivity contribution >= 4 is 27.5 Å². The van der Waals surface area contributed by atoms with E-state index >= 15 is 0 Å². The minimum Gasteiger partial charge on any atom is -0.489 e. The van der Waals surface area contributed by atoms with Gasteiger partial charge in [-0.05, 0) is 59.7 Å². The first-order chi connectivity index (χ1) is 17.0. The van der Waals surface area contributed by atoms with Gasteiger partial charge in [0.15, 0.2) is 0 Å². The number of carbonyl (C=O) groups excluding carboxylic acids is 2. The molecule has 0 atom stereocenters. The fourth-order valence-electron chi connectivity index (χ4n) is 3.27. The molecule has 0 aliphatic heterocycles. The Bertz CT molecular complexity index is 1290. The van der Waals surface area contributed by atoms with Crippen molar-refractivity contribution in [3.05, 3.63) is 95.3 Å². The van der Waals surface area contributed by atoms with Gasteiger partial charge in [0, 0.05) is 26.2 Å². The van der Waals surface area contributed by atoms with Gasteiger partial charge in [0.1, 0.15) is 24.7 Å². The number of nitrogens with zero attached hydrogens (tertiary/aromatic N) is 2. The minimum absolute atomic E-state index is 0.199. The van der Waals surface area contributed by atoms with Crippen LogP contribution in [0.1, 0.15) is 21.5 Å². The van der Waals surface area contributed by atoms with E-state index in [2.05, 4.69) is 5.32 Å². The Labute approximate surface area is 210 Å². The fraction of sp³-hybridized carbons (Fsp3) is 0.231. The normalized spacial score (nSPS) is 11.0. The Morgan fingerprint density at radius 3 is 2.03 bits per heavy atom. The molecule has 3 aromatic carbocycles. The summed E-state index contributed by atoms with van der Waals surface area (Å²) in [4.78, 5) is 26.0. The molecule has 0 saturated carbocycles. The molecule has 0 aliphatic carbocycles. The summed E-state index contributed by atoms with van der Waals surface area (Å²) in [6, 6.07) is 19.2. The second-order valence-electron chi connectivity index (χ2n) is 8.35. The lowest BCUT2D eigenvalue weighted by Crippen LogP contribution is -2.40. The number of anilines is 1. The predicted octanol–water partition coefficient (Wildman–Crippen LogP) is 3.19. The molecule has 190 valence electrons. The topological polar surface area (TPSA) is 96.0 Å². The van der Waals surface area contributed by atoms with E-state index in [-0.39, 0.29) is 24.0 Å². The summed E-state index contributed by atoms with van der Waals surface area (Å²) < 4.78 is 44.3. The SMILES string of the molecule is CN(C)C(=O)c1ccc(N(CC(=O)NCc2ccc(OCc3ccc(F)cc3)cc2)S(C)(=O)=O)cc1. The number of hydrogen-bond acceptors (Lipinski definition) is 5. The standard InChI is InChI=1S/C26H28FN3O5S/c1-29(2)26(32)21-8-12-23(13-9-21)30(36(3,33)34)17-25(31)28-16-19-6-14-24(15-7-19)35-18-20-4-10-22(27)11-5-20/h4-15H,16-18H2,1-3H3,(H,28,31). The fourth-order valence-corrected chi connectivity index (χ4v) is 4.12. The molecule has 0 saturated heterocycles. The van der Waals surface area contributed by atoms with Crippen molar-refractivity contribution in [2.75, 3.05) is 31.2 Å². The number of sulfonamides is 1. The zero-order chi connectivity index (χ0) is 26.3. The van der Waals surface area contributed by atoms with Crippen molar-refractivity contribution in [1.82, 2.24) is 10.2 Å². The molecule has 3 aromatic rings. The van der Waals surface area contributed by atoms with Crippen molar-refractivity contribution in [3.8, 4) is 5.75 Å². The van der Waals surface area contributed by atoms with E-state index in [0.29, 0.717) is 17.9 Å². The van der Waals surface area contributed by atoms with Crippen molar-refractivity contribution in [2.45, 2.75) is 13.2 Å². The van der Waals surface area contributed by atoms with Crippen molar-refractivity contribution in [3.63, 3.8) is 0 Å². The third kappa shape index (κ3) is 7.54. The highest BCUT2D eigenvalue weighted by molar-refractivity contribution is 7.92. The van der Waals surface area contributed by atoms with Crippen LogP contribution in [0.25, 0.3) is 0 Å². The number of carbonyl (C=O) groups is 2. The Balaban J connectivity index is 1.56. The maximum Gasteiger partial charge on any atom is 0.253 e. The van der Waals surface area contributed by atoms with Crippen molar-refractivity contribution in [2.24, 2.45) is 0 Å². The van der Waals surface area contributed by atoms with Crippen LogP contribution in [-0.4, -0.2) is 52.0 Å². The first-order valence-corrected chi connectivity index (χ1v) is 12.9. The first kappa shape index (κ1) is 26.7. The molecule has 36 heavy (non-hydrogen) atoms. The summed E-state index contributed by atoms with van der Waals surface area (Å²) in [6.07, 6.45) is 1.02. The van der Waals surface area contributed by atoms with E-state index in [1.807, 2.05) is 0 Å². The lowest BCUT2D eigenvalue weighted by atomic mass is 10.2. The van der Waals surface area contributed by atoms with E-state index in [4.69, 9.17) is 4.74 Å². The molecule has 0 spiro atoms. The predicted molar refractivity (Wildman–Crippen MR) is 136 cm³/mol. The van der Waals surface area contributed by atoms with Crippen LogP contribution in [0.15, 0.2) is 72.8 Å². The number of hydrogen-bond donors (Lipinski definition) is 1. The summed E-state index contributed by atoms with van der Waals surface area (Å²) in [5, 5.41) is 2.72. The average Bonchev–Trinajstić information content (AvgIpc) is 2.85. The number of nitrogens with one attached hydrogen (secondary N) is 1. The Morgan fingerprint density at radius 2 is 1.47 bits per heavy atom. The molecule has 0 aliphatic rings. The molecule has 0 radical (unpaired) electrons. The highest BCUT2D eigenvalue weighted by atomic mass is 32.2. The molecule has 8 nitrogen and oxygen atoms in total. The Hall–Kier alpha value is -3.92. The van der Waals surface area contributed by atoms with Gasteiger partial charge >= 0.3 is 0 Å². The van der Waals surface area contributed by atoms with Gasteiger partial charge < -0.3 is 15.0 Å². The van der Waals surface area contributed by atoms with Gasteiger partial charge in [-0.2, -0.15) is 0 Å². The molecule has 0 unspecified atom stereocenters. The van der Waals surface area contributed by atoms with Crippen LogP contribution in [0.3, 0.4) is 0 Å². The van der Waals surface area contributed by atoms with Crippen LogP contribution in [0.2, 0.25) is 0 Å².